The van der Waals surface area contributed by atoms with Crippen molar-refractivity contribution in [2.24, 2.45) is 0 Å². The van der Waals surface area contributed by atoms with E-state index in [2.05, 4.69) is 15.3 Å². The third-order valence-electron chi connectivity index (χ3n) is 4.92. The highest BCUT2D eigenvalue weighted by Gasteiger charge is 2.23. The van der Waals surface area contributed by atoms with Gasteiger partial charge >= 0.3 is 5.97 Å². The van der Waals surface area contributed by atoms with Crippen molar-refractivity contribution in [1.82, 2.24) is 15.3 Å². The second kappa shape index (κ2) is 7.81. The first kappa shape index (κ1) is 18.3. The molecule has 1 aromatic carbocycles. The van der Waals surface area contributed by atoms with Gasteiger partial charge in [-0.05, 0) is 51.8 Å². The summed E-state index contributed by atoms with van der Waals surface area (Å²) in [6.45, 7) is 5.38. The zero-order valence-electron chi connectivity index (χ0n) is 15.5. The predicted molar refractivity (Wildman–Crippen MR) is 98.9 cm³/mol. The van der Waals surface area contributed by atoms with Crippen LogP contribution in [0.1, 0.15) is 60.8 Å². The molecule has 0 spiro atoms. The lowest BCUT2D eigenvalue weighted by Crippen LogP contribution is -2.42. The summed E-state index contributed by atoms with van der Waals surface area (Å²) in [4.78, 5) is 33.6. The molecule has 1 N–H and O–H groups in total. The molecule has 1 aliphatic rings. The fourth-order valence-electron chi connectivity index (χ4n) is 3.21. The summed E-state index contributed by atoms with van der Waals surface area (Å²) >= 11 is 0. The number of carbonyl (C=O) groups excluding carboxylic acids is 2. The molecule has 1 amide bonds. The fraction of sp³-hybridized carbons (Fsp3) is 0.500. The normalized spacial score (nSPS) is 16.3. The summed E-state index contributed by atoms with van der Waals surface area (Å²) in [7, 11) is 0. The number of rotatable bonds is 4. The number of hydrogen-bond donors (Lipinski definition) is 1. The van der Waals surface area contributed by atoms with Gasteiger partial charge in [0, 0.05) is 6.04 Å². The summed E-state index contributed by atoms with van der Waals surface area (Å²) in [6, 6.07) is 5.25. The Morgan fingerprint density at radius 3 is 2.42 bits per heavy atom. The third-order valence-corrected chi connectivity index (χ3v) is 4.92. The number of fused-ring (bicyclic) bond motifs is 1. The van der Waals surface area contributed by atoms with Crippen molar-refractivity contribution < 1.29 is 14.3 Å². The summed E-state index contributed by atoms with van der Waals surface area (Å²) in [5.41, 5.74) is 3.42. The largest absolute Gasteiger partial charge is 0.449 e. The van der Waals surface area contributed by atoms with E-state index >= 15 is 0 Å². The van der Waals surface area contributed by atoms with Crippen LogP contribution in [0.4, 0.5) is 0 Å². The van der Waals surface area contributed by atoms with Gasteiger partial charge in [-0.2, -0.15) is 0 Å². The highest BCUT2D eigenvalue weighted by Crippen LogP contribution is 2.18. The van der Waals surface area contributed by atoms with Crippen LogP contribution in [0.5, 0.6) is 0 Å². The zero-order valence-corrected chi connectivity index (χ0v) is 15.5. The van der Waals surface area contributed by atoms with Crippen LogP contribution in [0.25, 0.3) is 11.0 Å². The molecule has 1 heterocycles. The van der Waals surface area contributed by atoms with Gasteiger partial charge in [0.2, 0.25) is 0 Å². The molecular weight excluding hydrogens is 330 g/mol. The molecule has 0 saturated heterocycles. The van der Waals surface area contributed by atoms with Gasteiger partial charge < -0.3 is 10.1 Å². The lowest BCUT2D eigenvalue weighted by atomic mass is 9.95. The number of nitrogens with zero attached hydrogens (tertiary/aromatic N) is 2. The molecule has 0 radical (unpaired) electrons. The van der Waals surface area contributed by atoms with Gasteiger partial charge in [-0.1, -0.05) is 19.3 Å². The van der Waals surface area contributed by atoms with Crippen molar-refractivity contribution in [2.45, 2.75) is 65.0 Å². The average Bonchev–Trinajstić information content (AvgIpc) is 2.63. The second-order valence-corrected chi connectivity index (χ2v) is 6.99. The van der Waals surface area contributed by atoms with Gasteiger partial charge in [-0.25, -0.2) is 14.8 Å². The van der Waals surface area contributed by atoms with Crippen LogP contribution in [0.3, 0.4) is 0 Å². The zero-order chi connectivity index (χ0) is 18.7. The maximum atomic E-state index is 12.4. The minimum Gasteiger partial charge on any atom is -0.449 e. The second-order valence-electron chi connectivity index (χ2n) is 6.99. The summed E-state index contributed by atoms with van der Waals surface area (Å²) in [5, 5.41) is 2.98. The lowest BCUT2D eigenvalue weighted by Gasteiger charge is -2.24. The van der Waals surface area contributed by atoms with Crippen molar-refractivity contribution in [3.8, 4) is 0 Å². The molecule has 0 bridgehead atoms. The number of aromatic nitrogens is 2. The highest BCUT2D eigenvalue weighted by atomic mass is 16.5. The predicted octanol–water partition coefficient (Wildman–Crippen LogP) is 3.24. The Hall–Kier alpha value is -2.50. The first-order chi connectivity index (χ1) is 12.4. The number of benzene rings is 1. The number of hydrogen-bond acceptors (Lipinski definition) is 5. The summed E-state index contributed by atoms with van der Waals surface area (Å²) < 4.78 is 5.34. The lowest BCUT2D eigenvalue weighted by molar-refractivity contribution is -0.130. The summed E-state index contributed by atoms with van der Waals surface area (Å²) in [5.74, 6) is -0.768. The molecule has 6 heteroatoms. The maximum absolute atomic E-state index is 12.4. The van der Waals surface area contributed by atoms with Crippen LogP contribution in [0.15, 0.2) is 18.2 Å². The van der Waals surface area contributed by atoms with E-state index in [1.165, 1.54) is 6.42 Å². The van der Waals surface area contributed by atoms with Gasteiger partial charge in [-0.15, -0.1) is 0 Å². The van der Waals surface area contributed by atoms with E-state index in [0.717, 1.165) is 42.6 Å². The van der Waals surface area contributed by atoms with E-state index < -0.39 is 12.1 Å². The van der Waals surface area contributed by atoms with Gasteiger partial charge in [0.1, 0.15) is 0 Å². The summed E-state index contributed by atoms with van der Waals surface area (Å²) in [6.07, 6.45) is 4.65. The van der Waals surface area contributed by atoms with Crippen molar-refractivity contribution in [3.63, 3.8) is 0 Å². The van der Waals surface area contributed by atoms with Crippen LogP contribution in [0.2, 0.25) is 0 Å². The number of nitrogens with one attached hydrogen (secondary N) is 1. The van der Waals surface area contributed by atoms with Crippen LogP contribution in [-0.4, -0.2) is 34.0 Å². The highest BCUT2D eigenvalue weighted by molar-refractivity contribution is 5.95. The van der Waals surface area contributed by atoms with Gasteiger partial charge in [0.15, 0.2) is 6.10 Å². The molecule has 1 aliphatic carbocycles. The third kappa shape index (κ3) is 4.18. The molecule has 6 nitrogen and oxygen atoms in total. The van der Waals surface area contributed by atoms with Gasteiger partial charge in [0.05, 0.1) is 28.0 Å². The minimum atomic E-state index is -0.828. The Bertz CT molecular complexity index is 828. The van der Waals surface area contributed by atoms with E-state index in [-0.39, 0.29) is 11.9 Å². The number of carbonyl (C=O) groups is 2. The molecule has 1 saturated carbocycles. The Labute approximate surface area is 153 Å². The number of esters is 1. The van der Waals surface area contributed by atoms with E-state index in [0.29, 0.717) is 11.1 Å². The molecule has 1 fully saturated rings. The average molecular weight is 355 g/mol. The number of ether oxygens (including phenoxy) is 1. The van der Waals surface area contributed by atoms with Gasteiger partial charge in [0.25, 0.3) is 5.91 Å². The minimum absolute atomic E-state index is 0.194. The SMILES string of the molecule is Cc1nc2ccc(C(=O)OC(C)C(=O)NC3CCCCC3)cc2nc1C. The number of amides is 1. The molecule has 1 unspecified atom stereocenters. The first-order valence-corrected chi connectivity index (χ1v) is 9.20. The van der Waals surface area contributed by atoms with E-state index in [1.54, 1.807) is 25.1 Å². The monoisotopic (exact) mass is 355 g/mol. The molecule has 138 valence electrons. The van der Waals surface area contributed by atoms with Crippen LogP contribution in [-0.2, 0) is 9.53 Å². The Kier molecular flexibility index (Phi) is 5.49. The molecule has 26 heavy (non-hydrogen) atoms. The van der Waals surface area contributed by atoms with Crippen molar-refractivity contribution >= 4 is 22.9 Å². The van der Waals surface area contributed by atoms with Crippen LogP contribution < -0.4 is 5.32 Å². The van der Waals surface area contributed by atoms with Crippen LogP contribution >= 0.6 is 0 Å². The van der Waals surface area contributed by atoms with E-state index in [9.17, 15) is 9.59 Å². The maximum Gasteiger partial charge on any atom is 0.338 e. The molecule has 2 aromatic rings. The Balaban J connectivity index is 1.65. The topological polar surface area (TPSA) is 81.2 Å². The Morgan fingerprint density at radius 2 is 1.73 bits per heavy atom. The fourth-order valence-corrected chi connectivity index (χ4v) is 3.21. The number of aryl methyl sites for hydroxylation is 2. The first-order valence-electron chi connectivity index (χ1n) is 9.20. The van der Waals surface area contributed by atoms with E-state index in [4.69, 9.17) is 4.74 Å². The Morgan fingerprint density at radius 1 is 1.08 bits per heavy atom. The van der Waals surface area contributed by atoms with Gasteiger partial charge in [-0.3, -0.25) is 4.79 Å². The quantitative estimate of drug-likeness (QED) is 0.852. The van der Waals surface area contributed by atoms with Crippen molar-refractivity contribution in [1.29, 1.82) is 0 Å². The van der Waals surface area contributed by atoms with E-state index in [1.807, 2.05) is 13.8 Å². The smallest absolute Gasteiger partial charge is 0.338 e. The van der Waals surface area contributed by atoms with Crippen molar-refractivity contribution in [2.75, 3.05) is 0 Å². The molecule has 1 atom stereocenters. The van der Waals surface area contributed by atoms with Crippen LogP contribution in [0, 0.1) is 13.8 Å². The molecule has 1 aromatic heterocycles. The standard InChI is InChI=1S/C20H25N3O3/c1-12-13(2)22-18-11-15(9-10-17(18)21-12)20(25)26-14(3)19(24)23-16-7-5-4-6-8-16/h9-11,14,16H,4-8H2,1-3H3,(H,23,24). The van der Waals surface area contributed by atoms with Crippen molar-refractivity contribution in [3.05, 3.63) is 35.2 Å². The molecule has 0 aliphatic heterocycles. The molecular formula is C20H25N3O3. The molecule has 3 rings (SSSR count).